The highest BCUT2D eigenvalue weighted by molar-refractivity contribution is 5.96. The summed E-state index contributed by atoms with van der Waals surface area (Å²) in [7, 11) is 0. The van der Waals surface area contributed by atoms with Crippen LogP contribution in [0.1, 0.15) is 55.7 Å². The summed E-state index contributed by atoms with van der Waals surface area (Å²) in [5, 5.41) is 3.16. The molecule has 0 spiro atoms. The molecule has 35 heavy (non-hydrogen) atoms. The standard InChI is InChI=1S/C29H33N5O/c35-29(31-23-14-15-30-27(20-23)34-18-3-4-19-34)25-7-5-6-22-10-13-26(32-28(22)25)21-8-11-24(12-9-21)33-16-1-2-17-33/h8-15,20,25H,1-7,16-19H2,(H,30,31,35). The smallest absolute Gasteiger partial charge is 0.233 e. The van der Waals surface area contributed by atoms with Crippen LogP contribution in [0.15, 0.2) is 54.7 Å². The van der Waals surface area contributed by atoms with Crippen LogP contribution in [0.2, 0.25) is 0 Å². The zero-order valence-corrected chi connectivity index (χ0v) is 20.2. The van der Waals surface area contributed by atoms with Crippen molar-refractivity contribution in [3.05, 3.63) is 66.0 Å². The van der Waals surface area contributed by atoms with E-state index in [9.17, 15) is 4.79 Å². The Morgan fingerprint density at radius 1 is 0.857 bits per heavy atom. The Labute approximate surface area is 207 Å². The minimum atomic E-state index is -0.231. The molecule has 2 fully saturated rings. The van der Waals surface area contributed by atoms with Gasteiger partial charge in [0.1, 0.15) is 5.82 Å². The van der Waals surface area contributed by atoms with Crippen molar-refractivity contribution in [2.45, 2.75) is 50.9 Å². The normalized spacial score (nSPS) is 19.6. The number of amides is 1. The molecule has 2 aromatic heterocycles. The van der Waals surface area contributed by atoms with Crippen molar-refractivity contribution in [3.63, 3.8) is 0 Å². The van der Waals surface area contributed by atoms with E-state index >= 15 is 0 Å². The molecule has 1 N–H and O–H groups in total. The van der Waals surface area contributed by atoms with Crippen LogP contribution in [0.25, 0.3) is 11.3 Å². The molecular weight excluding hydrogens is 434 g/mol. The fourth-order valence-electron chi connectivity index (χ4n) is 5.73. The summed E-state index contributed by atoms with van der Waals surface area (Å²) in [6.07, 6.45) is 9.56. The number of fused-ring (bicyclic) bond motifs is 1. The Kier molecular flexibility index (Phi) is 6.11. The third-order valence-electron chi connectivity index (χ3n) is 7.68. The molecule has 1 amide bonds. The Balaban J connectivity index is 1.22. The van der Waals surface area contributed by atoms with Gasteiger partial charge in [-0.25, -0.2) is 4.98 Å². The predicted molar refractivity (Wildman–Crippen MR) is 141 cm³/mol. The molecule has 3 aromatic rings. The monoisotopic (exact) mass is 467 g/mol. The van der Waals surface area contributed by atoms with E-state index in [1.165, 1.54) is 36.9 Å². The summed E-state index contributed by atoms with van der Waals surface area (Å²) in [5.41, 5.74) is 6.27. The van der Waals surface area contributed by atoms with Gasteiger partial charge in [-0.2, -0.15) is 0 Å². The van der Waals surface area contributed by atoms with Crippen LogP contribution < -0.4 is 15.1 Å². The highest BCUT2D eigenvalue weighted by Gasteiger charge is 2.29. The van der Waals surface area contributed by atoms with Crippen molar-refractivity contribution in [2.24, 2.45) is 0 Å². The van der Waals surface area contributed by atoms with E-state index in [1.807, 2.05) is 12.1 Å². The van der Waals surface area contributed by atoms with Gasteiger partial charge in [-0.3, -0.25) is 9.78 Å². The number of carbonyl (C=O) groups excluding carboxylic acids is 1. The fourth-order valence-corrected chi connectivity index (χ4v) is 5.73. The fraction of sp³-hybridized carbons (Fsp3) is 0.414. The van der Waals surface area contributed by atoms with E-state index in [4.69, 9.17) is 4.98 Å². The van der Waals surface area contributed by atoms with Gasteiger partial charge in [-0.15, -0.1) is 0 Å². The average molecular weight is 468 g/mol. The van der Waals surface area contributed by atoms with Gasteiger partial charge in [0.05, 0.1) is 17.3 Å². The molecule has 4 heterocycles. The van der Waals surface area contributed by atoms with Crippen LogP contribution in [0.3, 0.4) is 0 Å². The van der Waals surface area contributed by atoms with E-state index in [2.05, 4.69) is 56.5 Å². The molecule has 1 atom stereocenters. The Bertz CT molecular complexity index is 1200. The maximum atomic E-state index is 13.4. The average Bonchev–Trinajstić information content (AvgIpc) is 3.63. The Morgan fingerprint density at radius 2 is 1.60 bits per heavy atom. The van der Waals surface area contributed by atoms with E-state index < -0.39 is 0 Å². The maximum Gasteiger partial charge on any atom is 0.233 e. The number of aromatic nitrogens is 2. The first-order valence-corrected chi connectivity index (χ1v) is 13.1. The number of hydrogen-bond acceptors (Lipinski definition) is 5. The Morgan fingerprint density at radius 3 is 2.37 bits per heavy atom. The lowest BCUT2D eigenvalue weighted by Crippen LogP contribution is -2.26. The number of anilines is 3. The molecule has 6 rings (SSSR count). The van der Waals surface area contributed by atoms with Gasteiger partial charge in [0.25, 0.3) is 0 Å². The van der Waals surface area contributed by atoms with Gasteiger partial charge >= 0.3 is 0 Å². The third kappa shape index (κ3) is 4.62. The lowest BCUT2D eigenvalue weighted by atomic mass is 9.85. The molecule has 1 aromatic carbocycles. The van der Waals surface area contributed by atoms with Crippen molar-refractivity contribution in [1.82, 2.24) is 9.97 Å². The summed E-state index contributed by atoms with van der Waals surface area (Å²) in [6, 6.07) is 16.9. The zero-order chi connectivity index (χ0) is 23.6. The molecule has 1 unspecified atom stereocenters. The number of rotatable bonds is 5. The van der Waals surface area contributed by atoms with Crippen molar-refractivity contribution >= 4 is 23.1 Å². The van der Waals surface area contributed by atoms with Crippen LogP contribution in [-0.2, 0) is 11.2 Å². The van der Waals surface area contributed by atoms with E-state index in [-0.39, 0.29) is 11.8 Å². The second kappa shape index (κ2) is 9.68. The van der Waals surface area contributed by atoms with E-state index in [1.54, 1.807) is 6.20 Å². The van der Waals surface area contributed by atoms with Crippen LogP contribution >= 0.6 is 0 Å². The summed E-state index contributed by atoms with van der Waals surface area (Å²) in [5.74, 6) is 0.742. The van der Waals surface area contributed by atoms with Crippen LogP contribution in [0.4, 0.5) is 17.2 Å². The molecule has 3 aliphatic rings. The molecule has 2 saturated heterocycles. The van der Waals surface area contributed by atoms with Gasteiger partial charge < -0.3 is 15.1 Å². The molecule has 0 saturated carbocycles. The van der Waals surface area contributed by atoms with Gasteiger partial charge in [0, 0.05) is 55.4 Å². The van der Waals surface area contributed by atoms with Crippen LogP contribution in [0.5, 0.6) is 0 Å². The Hall–Kier alpha value is -3.41. The van der Waals surface area contributed by atoms with Crippen molar-refractivity contribution < 1.29 is 4.79 Å². The second-order valence-electron chi connectivity index (χ2n) is 10.0. The van der Waals surface area contributed by atoms with Crippen LogP contribution in [0, 0.1) is 0 Å². The minimum absolute atomic E-state index is 0.0264. The number of benzene rings is 1. The summed E-state index contributed by atoms with van der Waals surface area (Å²) in [6.45, 7) is 4.35. The highest BCUT2D eigenvalue weighted by atomic mass is 16.1. The van der Waals surface area contributed by atoms with Gasteiger partial charge in [-0.05, 0) is 74.8 Å². The second-order valence-corrected chi connectivity index (χ2v) is 10.0. The molecule has 0 radical (unpaired) electrons. The van der Waals surface area contributed by atoms with Crippen molar-refractivity contribution in [3.8, 4) is 11.3 Å². The molecule has 6 nitrogen and oxygen atoms in total. The first-order chi connectivity index (χ1) is 17.2. The summed E-state index contributed by atoms with van der Waals surface area (Å²) >= 11 is 0. The lowest BCUT2D eigenvalue weighted by molar-refractivity contribution is -0.118. The van der Waals surface area contributed by atoms with Crippen molar-refractivity contribution in [1.29, 1.82) is 0 Å². The SMILES string of the molecule is O=C(Nc1ccnc(N2CCCC2)c1)C1CCCc2ccc(-c3ccc(N4CCCC4)cc3)nc21. The molecular formula is C29H33N5O. The van der Waals surface area contributed by atoms with E-state index in [0.717, 1.165) is 73.9 Å². The number of nitrogens with one attached hydrogen (secondary N) is 1. The number of aryl methyl sites for hydroxylation is 1. The topological polar surface area (TPSA) is 61.4 Å². The molecule has 2 aliphatic heterocycles. The quantitative estimate of drug-likeness (QED) is 0.544. The number of nitrogens with zero attached hydrogens (tertiary/aromatic N) is 4. The molecule has 180 valence electrons. The maximum absolute atomic E-state index is 13.4. The third-order valence-corrected chi connectivity index (χ3v) is 7.68. The number of hydrogen-bond donors (Lipinski definition) is 1. The largest absolute Gasteiger partial charge is 0.372 e. The molecule has 6 heteroatoms. The van der Waals surface area contributed by atoms with Gasteiger partial charge in [0.15, 0.2) is 0 Å². The van der Waals surface area contributed by atoms with Crippen molar-refractivity contribution in [2.75, 3.05) is 41.3 Å². The van der Waals surface area contributed by atoms with Crippen LogP contribution in [-0.4, -0.2) is 42.1 Å². The highest BCUT2D eigenvalue weighted by Crippen LogP contribution is 2.34. The minimum Gasteiger partial charge on any atom is -0.372 e. The summed E-state index contributed by atoms with van der Waals surface area (Å²) < 4.78 is 0. The lowest BCUT2D eigenvalue weighted by Gasteiger charge is -2.25. The molecule has 1 aliphatic carbocycles. The van der Waals surface area contributed by atoms with Gasteiger partial charge in [-0.1, -0.05) is 18.2 Å². The molecule has 0 bridgehead atoms. The predicted octanol–water partition coefficient (Wildman–Crippen LogP) is 5.40. The number of carbonyl (C=O) groups is 1. The first-order valence-electron chi connectivity index (χ1n) is 13.1. The van der Waals surface area contributed by atoms with Gasteiger partial charge in [0.2, 0.25) is 5.91 Å². The number of pyridine rings is 2. The summed E-state index contributed by atoms with van der Waals surface area (Å²) in [4.78, 5) is 27.7. The first kappa shape index (κ1) is 22.1. The zero-order valence-electron chi connectivity index (χ0n) is 20.2. The van der Waals surface area contributed by atoms with E-state index in [0.29, 0.717) is 0 Å².